The molecule has 0 saturated heterocycles. The molecule has 56 heavy (non-hydrogen) atoms. The second kappa shape index (κ2) is 12.8. The van der Waals surface area contributed by atoms with E-state index in [1.54, 1.807) is 0 Å². The van der Waals surface area contributed by atoms with E-state index in [4.69, 9.17) is 24.7 Å². The monoisotopic (exact) mass is 716 g/mol. The highest BCUT2D eigenvalue weighted by Crippen LogP contribution is 2.61. The Morgan fingerprint density at radius 2 is 0.821 bits per heavy atom. The quantitative estimate of drug-likeness (QED) is 0.181. The summed E-state index contributed by atoms with van der Waals surface area (Å²) in [5, 5.41) is 0. The first-order chi connectivity index (χ1) is 27.8. The number of ether oxygens (including phenoxy) is 1. The van der Waals surface area contributed by atoms with Crippen LogP contribution in [-0.2, 0) is 5.41 Å². The molecular formula is C51H32N4O. The fourth-order valence-corrected chi connectivity index (χ4v) is 8.62. The first-order valence-corrected chi connectivity index (χ1v) is 18.8. The molecule has 5 heteroatoms. The Bertz CT molecular complexity index is 2900. The molecule has 3 heterocycles. The first-order valence-electron chi connectivity index (χ1n) is 18.8. The Balaban J connectivity index is 1.19. The van der Waals surface area contributed by atoms with Gasteiger partial charge in [0.2, 0.25) is 0 Å². The van der Waals surface area contributed by atoms with Gasteiger partial charge in [0, 0.05) is 45.8 Å². The van der Waals surface area contributed by atoms with Crippen LogP contribution in [0.25, 0.3) is 67.5 Å². The number of hydrogen-bond donors (Lipinski definition) is 0. The van der Waals surface area contributed by atoms with Crippen LogP contribution in [0, 0.1) is 0 Å². The molecule has 1 spiro atoms. The molecule has 5 nitrogen and oxygen atoms in total. The lowest BCUT2D eigenvalue weighted by atomic mass is 9.62. The van der Waals surface area contributed by atoms with Crippen LogP contribution >= 0.6 is 0 Å². The second-order valence-corrected chi connectivity index (χ2v) is 14.2. The predicted molar refractivity (Wildman–Crippen MR) is 222 cm³/mol. The summed E-state index contributed by atoms with van der Waals surface area (Å²) in [5.41, 5.74) is 13.8. The number of hydrogen-bond acceptors (Lipinski definition) is 5. The van der Waals surface area contributed by atoms with E-state index in [0.717, 1.165) is 67.4 Å². The van der Waals surface area contributed by atoms with E-state index in [0.29, 0.717) is 11.6 Å². The average Bonchev–Trinajstić information content (AvgIpc) is 3.38. The number of nitrogens with zero attached hydrogens (tertiary/aromatic N) is 4. The fourth-order valence-electron chi connectivity index (χ4n) is 8.62. The molecule has 9 aromatic rings. The van der Waals surface area contributed by atoms with Gasteiger partial charge in [-0.1, -0.05) is 158 Å². The van der Waals surface area contributed by atoms with Gasteiger partial charge in [0.1, 0.15) is 11.5 Å². The van der Waals surface area contributed by atoms with Gasteiger partial charge < -0.3 is 4.74 Å². The standard InChI is InChI=1S/C51H32N4O/c1-3-15-33(16-4-1)49-52-31-36(32-53-49)46-30-45(54-50(55-46)34-17-5-2-6-18-34)35-27-28-40-38-20-8-7-19-37(38)39-21-9-10-22-41(39)51(44(40)29-35)42-23-11-13-25-47(42)56-48-26-14-12-24-43(48)51/h1-32H. The summed E-state index contributed by atoms with van der Waals surface area (Å²) in [6.07, 6.45) is 3.71. The first kappa shape index (κ1) is 32.0. The van der Waals surface area contributed by atoms with Gasteiger partial charge in [-0.25, -0.2) is 19.9 Å². The van der Waals surface area contributed by atoms with Crippen LogP contribution in [0.4, 0.5) is 0 Å². The molecule has 0 saturated carbocycles. The smallest absolute Gasteiger partial charge is 0.160 e. The third-order valence-corrected chi connectivity index (χ3v) is 11.1. The molecule has 0 bridgehead atoms. The lowest BCUT2D eigenvalue weighted by Gasteiger charge is -2.42. The highest BCUT2D eigenvalue weighted by molar-refractivity contribution is 5.94. The average molecular weight is 717 g/mol. The molecule has 2 aliphatic rings. The van der Waals surface area contributed by atoms with Crippen molar-refractivity contribution in [2.75, 3.05) is 0 Å². The molecular weight excluding hydrogens is 685 g/mol. The summed E-state index contributed by atoms with van der Waals surface area (Å²) in [6.45, 7) is 0. The minimum Gasteiger partial charge on any atom is -0.457 e. The van der Waals surface area contributed by atoms with E-state index in [1.807, 2.05) is 73.1 Å². The summed E-state index contributed by atoms with van der Waals surface area (Å²) in [5.74, 6) is 2.99. The highest BCUT2D eigenvalue weighted by atomic mass is 16.5. The Morgan fingerprint density at radius 3 is 1.45 bits per heavy atom. The number of para-hydroxylation sites is 2. The van der Waals surface area contributed by atoms with Gasteiger partial charge in [-0.2, -0.15) is 0 Å². The molecule has 2 aromatic heterocycles. The minimum atomic E-state index is -0.717. The third-order valence-electron chi connectivity index (χ3n) is 11.1. The minimum absolute atomic E-state index is 0.632. The number of rotatable bonds is 4. The third kappa shape index (κ3) is 4.95. The van der Waals surface area contributed by atoms with Crippen LogP contribution < -0.4 is 4.74 Å². The van der Waals surface area contributed by atoms with Crippen molar-refractivity contribution < 1.29 is 4.74 Å². The Kier molecular flexibility index (Phi) is 7.32. The van der Waals surface area contributed by atoms with Gasteiger partial charge in [-0.3, -0.25) is 0 Å². The van der Waals surface area contributed by atoms with Gasteiger partial charge in [0.25, 0.3) is 0 Å². The molecule has 0 N–H and O–H groups in total. The van der Waals surface area contributed by atoms with E-state index in [2.05, 4.69) is 121 Å². The van der Waals surface area contributed by atoms with Crippen LogP contribution in [0.3, 0.4) is 0 Å². The molecule has 0 radical (unpaired) electrons. The van der Waals surface area contributed by atoms with Crippen LogP contribution in [0.5, 0.6) is 11.5 Å². The Morgan fingerprint density at radius 1 is 0.339 bits per heavy atom. The topological polar surface area (TPSA) is 60.8 Å². The van der Waals surface area contributed by atoms with Gasteiger partial charge in [0.15, 0.2) is 11.6 Å². The van der Waals surface area contributed by atoms with Crippen molar-refractivity contribution >= 4 is 0 Å². The van der Waals surface area contributed by atoms with Crippen molar-refractivity contribution in [1.29, 1.82) is 0 Å². The maximum atomic E-state index is 6.70. The molecule has 11 rings (SSSR count). The van der Waals surface area contributed by atoms with Crippen molar-refractivity contribution in [3.63, 3.8) is 0 Å². The number of fused-ring (bicyclic) bond motifs is 11. The summed E-state index contributed by atoms with van der Waals surface area (Å²) in [6, 6.07) is 63.7. The van der Waals surface area contributed by atoms with Crippen molar-refractivity contribution in [2.24, 2.45) is 0 Å². The summed E-state index contributed by atoms with van der Waals surface area (Å²) in [7, 11) is 0. The molecule has 0 atom stereocenters. The fraction of sp³-hybridized carbons (Fsp3) is 0.0196. The molecule has 1 aliphatic heterocycles. The SMILES string of the molecule is c1ccc(-c2ncc(-c3cc(-c4ccc5c(c4)C4(c6ccccc6Oc6ccccc64)c4ccccc4-c4ccccc4-5)nc(-c4ccccc4)n3)cn2)cc1. The van der Waals surface area contributed by atoms with Gasteiger partial charge in [-0.05, 0) is 57.6 Å². The molecule has 0 amide bonds. The van der Waals surface area contributed by atoms with E-state index >= 15 is 0 Å². The maximum absolute atomic E-state index is 6.70. The molecule has 262 valence electrons. The van der Waals surface area contributed by atoms with Crippen LogP contribution in [0.15, 0.2) is 194 Å². The molecule has 1 aliphatic carbocycles. The maximum Gasteiger partial charge on any atom is 0.160 e. The zero-order valence-electron chi connectivity index (χ0n) is 30.2. The molecule has 0 fully saturated rings. The van der Waals surface area contributed by atoms with E-state index in [1.165, 1.54) is 22.3 Å². The molecule has 7 aromatic carbocycles. The summed E-state index contributed by atoms with van der Waals surface area (Å²) >= 11 is 0. The van der Waals surface area contributed by atoms with E-state index < -0.39 is 5.41 Å². The van der Waals surface area contributed by atoms with Gasteiger partial charge in [0.05, 0.1) is 16.8 Å². The molecule has 0 unspecified atom stereocenters. The van der Waals surface area contributed by atoms with Crippen molar-refractivity contribution in [1.82, 2.24) is 19.9 Å². The Labute approximate surface area is 324 Å². The highest BCUT2D eigenvalue weighted by Gasteiger charge is 2.49. The van der Waals surface area contributed by atoms with Crippen LogP contribution in [-0.4, -0.2) is 19.9 Å². The summed E-state index contributed by atoms with van der Waals surface area (Å²) < 4.78 is 6.70. The number of benzene rings is 7. The largest absolute Gasteiger partial charge is 0.457 e. The van der Waals surface area contributed by atoms with Crippen molar-refractivity contribution in [3.05, 3.63) is 217 Å². The van der Waals surface area contributed by atoms with Gasteiger partial charge in [-0.15, -0.1) is 0 Å². The normalized spacial score (nSPS) is 12.9. The lowest BCUT2D eigenvalue weighted by molar-refractivity contribution is 0.435. The number of aromatic nitrogens is 4. The van der Waals surface area contributed by atoms with Crippen molar-refractivity contribution in [3.8, 4) is 79.0 Å². The summed E-state index contributed by atoms with van der Waals surface area (Å²) in [4.78, 5) is 19.9. The zero-order chi connectivity index (χ0) is 37.1. The predicted octanol–water partition coefficient (Wildman–Crippen LogP) is 12.1. The lowest BCUT2D eigenvalue weighted by Crippen LogP contribution is -2.34. The second-order valence-electron chi connectivity index (χ2n) is 14.2. The van der Waals surface area contributed by atoms with Crippen molar-refractivity contribution in [2.45, 2.75) is 5.41 Å². The van der Waals surface area contributed by atoms with E-state index in [-0.39, 0.29) is 0 Å². The van der Waals surface area contributed by atoms with Crippen LogP contribution in [0.2, 0.25) is 0 Å². The van der Waals surface area contributed by atoms with E-state index in [9.17, 15) is 0 Å². The van der Waals surface area contributed by atoms with Crippen LogP contribution in [0.1, 0.15) is 22.3 Å². The Hall–Kier alpha value is -7.50. The zero-order valence-corrected chi connectivity index (χ0v) is 30.2. The van der Waals surface area contributed by atoms with Gasteiger partial charge >= 0.3 is 0 Å².